The van der Waals surface area contributed by atoms with Crippen LogP contribution in [0.2, 0.25) is 0 Å². The van der Waals surface area contributed by atoms with Crippen LogP contribution in [0.15, 0.2) is 24.3 Å². The molecular formula is C22H31N3O3. The molecule has 2 aliphatic rings. The standard InChI is InChI=1S/C22H31N3O3/c1-15-8-6-7-13-24(15)18(26)14-25-19(27)22(5,23-20(25)28)17-11-9-16(10-12-17)21(2,3)4/h9-12,15H,6-8,13-14H2,1-5H3,(H,23,28). The van der Waals surface area contributed by atoms with Gasteiger partial charge in [-0.3, -0.25) is 14.5 Å². The Hall–Kier alpha value is -2.37. The first-order chi connectivity index (χ1) is 13.0. The molecule has 0 aromatic heterocycles. The molecule has 0 spiro atoms. The number of carbonyl (C=O) groups is 3. The molecule has 2 atom stereocenters. The van der Waals surface area contributed by atoms with Crippen LogP contribution in [0.25, 0.3) is 0 Å². The summed E-state index contributed by atoms with van der Waals surface area (Å²) in [6.07, 6.45) is 3.04. The van der Waals surface area contributed by atoms with E-state index in [4.69, 9.17) is 0 Å². The Labute approximate surface area is 167 Å². The van der Waals surface area contributed by atoms with Gasteiger partial charge in [0.05, 0.1) is 0 Å². The van der Waals surface area contributed by atoms with Crippen LogP contribution < -0.4 is 5.32 Å². The molecule has 1 aromatic carbocycles. The van der Waals surface area contributed by atoms with Gasteiger partial charge in [0.1, 0.15) is 12.1 Å². The third-order valence-electron chi connectivity index (χ3n) is 6.02. The van der Waals surface area contributed by atoms with Crippen molar-refractivity contribution in [3.63, 3.8) is 0 Å². The predicted octanol–water partition coefficient (Wildman–Crippen LogP) is 3.15. The minimum Gasteiger partial charge on any atom is -0.338 e. The number of likely N-dealkylation sites (tertiary alicyclic amines) is 1. The molecule has 2 fully saturated rings. The van der Waals surface area contributed by atoms with Crippen LogP contribution in [-0.4, -0.2) is 46.8 Å². The molecule has 0 bridgehead atoms. The molecule has 0 saturated carbocycles. The highest BCUT2D eigenvalue weighted by Crippen LogP contribution is 2.31. The fourth-order valence-corrected chi connectivity index (χ4v) is 4.03. The van der Waals surface area contributed by atoms with Crippen LogP contribution in [0.4, 0.5) is 4.79 Å². The van der Waals surface area contributed by atoms with Crippen LogP contribution in [0.1, 0.15) is 65.0 Å². The summed E-state index contributed by atoms with van der Waals surface area (Å²) in [6, 6.07) is 7.39. The monoisotopic (exact) mass is 385 g/mol. The van der Waals surface area contributed by atoms with Gasteiger partial charge in [0.25, 0.3) is 5.91 Å². The molecule has 3 rings (SSSR count). The van der Waals surface area contributed by atoms with Gasteiger partial charge >= 0.3 is 6.03 Å². The number of nitrogens with zero attached hydrogens (tertiary/aromatic N) is 2. The van der Waals surface area contributed by atoms with E-state index in [0.717, 1.165) is 35.3 Å². The van der Waals surface area contributed by atoms with Crippen molar-refractivity contribution in [2.24, 2.45) is 0 Å². The van der Waals surface area contributed by atoms with Gasteiger partial charge in [0.15, 0.2) is 0 Å². The van der Waals surface area contributed by atoms with Gasteiger partial charge in [-0.25, -0.2) is 4.79 Å². The van der Waals surface area contributed by atoms with E-state index >= 15 is 0 Å². The Kier molecular flexibility index (Phi) is 5.26. The van der Waals surface area contributed by atoms with Crippen molar-refractivity contribution in [3.8, 4) is 0 Å². The highest BCUT2D eigenvalue weighted by molar-refractivity contribution is 6.09. The maximum atomic E-state index is 13.1. The second kappa shape index (κ2) is 7.22. The number of imide groups is 1. The zero-order valence-electron chi connectivity index (χ0n) is 17.5. The Bertz CT molecular complexity index is 781. The van der Waals surface area contributed by atoms with E-state index in [1.807, 2.05) is 31.2 Å². The van der Waals surface area contributed by atoms with Gasteiger partial charge in [-0.15, -0.1) is 0 Å². The van der Waals surface area contributed by atoms with Gasteiger partial charge < -0.3 is 10.2 Å². The van der Waals surface area contributed by atoms with E-state index in [1.54, 1.807) is 11.8 Å². The van der Waals surface area contributed by atoms with E-state index < -0.39 is 11.6 Å². The molecule has 0 radical (unpaired) electrons. The van der Waals surface area contributed by atoms with E-state index in [-0.39, 0.29) is 29.8 Å². The summed E-state index contributed by atoms with van der Waals surface area (Å²) in [4.78, 5) is 41.2. The summed E-state index contributed by atoms with van der Waals surface area (Å²) >= 11 is 0. The number of carbonyl (C=O) groups excluding carboxylic acids is 3. The summed E-state index contributed by atoms with van der Waals surface area (Å²) in [6.45, 7) is 10.6. The second-order valence-corrected chi connectivity index (χ2v) is 9.21. The third-order valence-corrected chi connectivity index (χ3v) is 6.02. The second-order valence-electron chi connectivity index (χ2n) is 9.21. The first-order valence-electron chi connectivity index (χ1n) is 10.1. The zero-order chi connectivity index (χ0) is 20.7. The van der Waals surface area contributed by atoms with Gasteiger partial charge in [-0.2, -0.15) is 0 Å². The van der Waals surface area contributed by atoms with Crippen molar-refractivity contribution in [1.29, 1.82) is 0 Å². The molecule has 0 aliphatic carbocycles. The fraction of sp³-hybridized carbons (Fsp3) is 0.591. The van der Waals surface area contributed by atoms with Crippen LogP contribution in [-0.2, 0) is 20.5 Å². The normalized spacial score (nSPS) is 25.8. The van der Waals surface area contributed by atoms with Crippen LogP contribution in [0.3, 0.4) is 0 Å². The van der Waals surface area contributed by atoms with Crippen LogP contribution >= 0.6 is 0 Å². The van der Waals surface area contributed by atoms with Crippen molar-refractivity contribution >= 4 is 17.8 Å². The highest BCUT2D eigenvalue weighted by Gasteiger charge is 2.49. The Morgan fingerprint density at radius 3 is 2.39 bits per heavy atom. The lowest BCUT2D eigenvalue weighted by Gasteiger charge is -2.34. The van der Waals surface area contributed by atoms with Crippen molar-refractivity contribution in [2.45, 2.75) is 70.9 Å². The van der Waals surface area contributed by atoms with E-state index in [2.05, 4.69) is 26.1 Å². The number of rotatable bonds is 3. The third kappa shape index (κ3) is 3.64. The molecule has 1 aromatic rings. The molecule has 2 saturated heterocycles. The van der Waals surface area contributed by atoms with E-state index in [1.165, 1.54) is 0 Å². The quantitative estimate of drug-likeness (QED) is 0.813. The summed E-state index contributed by atoms with van der Waals surface area (Å²) in [5, 5.41) is 2.79. The Morgan fingerprint density at radius 1 is 1.18 bits per heavy atom. The van der Waals surface area contributed by atoms with E-state index in [9.17, 15) is 14.4 Å². The Balaban J connectivity index is 1.77. The molecule has 2 aliphatic heterocycles. The summed E-state index contributed by atoms with van der Waals surface area (Å²) in [5.41, 5.74) is 0.732. The maximum Gasteiger partial charge on any atom is 0.325 e. The van der Waals surface area contributed by atoms with Crippen molar-refractivity contribution in [3.05, 3.63) is 35.4 Å². The van der Waals surface area contributed by atoms with Gasteiger partial charge in [0.2, 0.25) is 5.91 Å². The van der Waals surface area contributed by atoms with Gasteiger partial charge in [-0.1, -0.05) is 45.0 Å². The zero-order valence-corrected chi connectivity index (χ0v) is 17.5. The van der Waals surface area contributed by atoms with E-state index in [0.29, 0.717) is 6.54 Å². The summed E-state index contributed by atoms with van der Waals surface area (Å²) < 4.78 is 0. The van der Waals surface area contributed by atoms with Crippen LogP contribution in [0, 0.1) is 0 Å². The number of urea groups is 1. The SMILES string of the molecule is CC1CCCCN1C(=O)CN1C(=O)NC(C)(c2ccc(C(C)(C)C)cc2)C1=O. The molecule has 2 heterocycles. The van der Waals surface area contributed by atoms with Crippen molar-refractivity contribution < 1.29 is 14.4 Å². The van der Waals surface area contributed by atoms with Crippen molar-refractivity contribution in [1.82, 2.24) is 15.1 Å². The highest BCUT2D eigenvalue weighted by atomic mass is 16.2. The smallest absolute Gasteiger partial charge is 0.325 e. The summed E-state index contributed by atoms with van der Waals surface area (Å²) in [5.74, 6) is -0.540. The summed E-state index contributed by atoms with van der Waals surface area (Å²) in [7, 11) is 0. The average Bonchev–Trinajstić information content (AvgIpc) is 2.85. The number of amides is 4. The fourth-order valence-electron chi connectivity index (χ4n) is 4.03. The molecule has 4 amide bonds. The van der Waals surface area contributed by atoms with Crippen LogP contribution in [0.5, 0.6) is 0 Å². The number of hydrogen-bond donors (Lipinski definition) is 1. The number of piperidine rings is 1. The first-order valence-corrected chi connectivity index (χ1v) is 10.1. The predicted molar refractivity (Wildman–Crippen MR) is 108 cm³/mol. The lowest BCUT2D eigenvalue weighted by atomic mass is 9.84. The molecule has 2 unspecified atom stereocenters. The molecule has 6 nitrogen and oxygen atoms in total. The lowest BCUT2D eigenvalue weighted by Crippen LogP contribution is -2.48. The molecule has 152 valence electrons. The largest absolute Gasteiger partial charge is 0.338 e. The number of nitrogens with one attached hydrogen (secondary N) is 1. The molecule has 1 N–H and O–H groups in total. The van der Waals surface area contributed by atoms with Crippen molar-refractivity contribution in [2.75, 3.05) is 13.1 Å². The topological polar surface area (TPSA) is 69.7 Å². The first kappa shape index (κ1) is 20.4. The molecule has 6 heteroatoms. The number of hydrogen-bond acceptors (Lipinski definition) is 3. The lowest BCUT2D eigenvalue weighted by molar-refractivity contribution is -0.140. The average molecular weight is 386 g/mol. The molecule has 28 heavy (non-hydrogen) atoms. The molecular weight excluding hydrogens is 354 g/mol. The minimum atomic E-state index is -1.15. The van der Waals surface area contributed by atoms with Gasteiger partial charge in [-0.05, 0) is 49.7 Å². The number of benzene rings is 1. The minimum absolute atomic E-state index is 0.00591. The Morgan fingerprint density at radius 2 is 1.82 bits per heavy atom. The van der Waals surface area contributed by atoms with Gasteiger partial charge in [0, 0.05) is 12.6 Å². The maximum absolute atomic E-state index is 13.1.